The molecule has 0 saturated carbocycles. The van der Waals surface area contributed by atoms with Gasteiger partial charge in [0, 0.05) is 18.0 Å². The molecule has 4 heteroatoms. The largest absolute Gasteiger partial charge is 0.516 e. The minimum atomic E-state index is -0.326. The van der Waals surface area contributed by atoms with E-state index >= 15 is 0 Å². The zero-order valence-electron chi connectivity index (χ0n) is 9.05. The van der Waals surface area contributed by atoms with Crippen LogP contribution in [0.3, 0.4) is 0 Å². The molecule has 0 radical (unpaired) electrons. The topological polar surface area (TPSA) is 46.0 Å². The Labute approximate surface area is 98.3 Å². The van der Waals surface area contributed by atoms with Gasteiger partial charge < -0.3 is 5.11 Å². The normalized spacial score (nSPS) is 10.9. The molecule has 0 fully saturated rings. The molecule has 86 valence electrons. The minimum Gasteiger partial charge on any atom is -0.516 e. The van der Waals surface area contributed by atoms with Gasteiger partial charge in [0.1, 0.15) is 5.82 Å². The maximum atomic E-state index is 13.7. The van der Waals surface area contributed by atoms with Crippen LogP contribution in [0.5, 0.6) is 0 Å². The summed E-state index contributed by atoms with van der Waals surface area (Å²) in [5, 5.41) is 8.53. The fourth-order valence-corrected chi connectivity index (χ4v) is 1.48. The predicted octanol–water partition coefficient (Wildman–Crippen LogP) is 2.90. The molecule has 0 amide bonds. The van der Waals surface area contributed by atoms with E-state index in [0.29, 0.717) is 23.4 Å². The lowest BCUT2D eigenvalue weighted by Gasteiger charge is -2.03. The van der Waals surface area contributed by atoms with Crippen molar-refractivity contribution >= 4 is 0 Å². The summed E-state index contributed by atoms with van der Waals surface area (Å²) >= 11 is 0. The molecular weight excluding hydrogens is 219 g/mol. The van der Waals surface area contributed by atoms with E-state index in [1.807, 2.05) is 0 Å². The Kier molecular flexibility index (Phi) is 3.45. The molecule has 0 bridgehead atoms. The van der Waals surface area contributed by atoms with E-state index in [1.54, 1.807) is 30.6 Å². The third kappa shape index (κ3) is 2.66. The van der Waals surface area contributed by atoms with E-state index in [9.17, 15) is 4.39 Å². The van der Waals surface area contributed by atoms with Crippen molar-refractivity contribution in [3.05, 3.63) is 60.4 Å². The van der Waals surface area contributed by atoms with Gasteiger partial charge in [-0.25, -0.2) is 14.4 Å². The Hall–Kier alpha value is -2.23. The molecule has 2 aromatic rings. The van der Waals surface area contributed by atoms with Crippen LogP contribution in [0.15, 0.2) is 49.0 Å². The van der Waals surface area contributed by atoms with Crippen molar-refractivity contribution in [2.24, 2.45) is 0 Å². The third-order valence-electron chi connectivity index (χ3n) is 2.32. The summed E-state index contributed by atoms with van der Waals surface area (Å²) in [6.07, 6.45) is 5.98. The fraction of sp³-hybridized carbons (Fsp3) is 0.0769. The second-order valence-corrected chi connectivity index (χ2v) is 3.47. The average Bonchev–Trinajstić information content (AvgIpc) is 2.38. The Balaban J connectivity index is 2.31. The molecule has 0 aliphatic heterocycles. The number of hydrogen-bond donors (Lipinski definition) is 1. The lowest BCUT2D eigenvalue weighted by atomic mass is 10.1. The van der Waals surface area contributed by atoms with Crippen LogP contribution in [-0.2, 0) is 6.42 Å². The molecule has 1 aromatic carbocycles. The first kappa shape index (κ1) is 11.3. The minimum absolute atomic E-state index is 0.326. The summed E-state index contributed by atoms with van der Waals surface area (Å²) in [4.78, 5) is 8.10. The highest BCUT2D eigenvalue weighted by Gasteiger charge is 2.05. The van der Waals surface area contributed by atoms with E-state index in [1.165, 1.54) is 12.1 Å². The van der Waals surface area contributed by atoms with E-state index in [4.69, 9.17) is 5.11 Å². The molecule has 2 rings (SSSR count). The van der Waals surface area contributed by atoms with Gasteiger partial charge in [-0.15, -0.1) is 0 Å². The van der Waals surface area contributed by atoms with Crippen LogP contribution in [0.25, 0.3) is 11.4 Å². The number of aliphatic hydroxyl groups is 1. The van der Waals surface area contributed by atoms with Crippen LogP contribution in [0.2, 0.25) is 0 Å². The molecule has 0 aliphatic rings. The van der Waals surface area contributed by atoms with Crippen LogP contribution in [0, 0.1) is 5.82 Å². The van der Waals surface area contributed by atoms with E-state index < -0.39 is 0 Å². The summed E-state index contributed by atoms with van der Waals surface area (Å²) in [7, 11) is 0. The molecule has 3 nitrogen and oxygen atoms in total. The predicted molar refractivity (Wildman–Crippen MR) is 62.9 cm³/mol. The zero-order valence-corrected chi connectivity index (χ0v) is 9.05. The summed E-state index contributed by atoms with van der Waals surface area (Å²) in [5.41, 5.74) is 1.16. The molecule has 0 unspecified atom stereocenters. The first-order chi connectivity index (χ1) is 8.31. The van der Waals surface area contributed by atoms with Crippen molar-refractivity contribution < 1.29 is 9.50 Å². The van der Waals surface area contributed by atoms with Crippen molar-refractivity contribution in [3.63, 3.8) is 0 Å². The molecule has 17 heavy (non-hydrogen) atoms. The monoisotopic (exact) mass is 230 g/mol. The van der Waals surface area contributed by atoms with Gasteiger partial charge in [-0.3, -0.25) is 0 Å². The Morgan fingerprint density at radius 3 is 2.65 bits per heavy atom. The summed E-state index contributed by atoms with van der Waals surface area (Å²) < 4.78 is 13.7. The molecule has 0 spiro atoms. The highest BCUT2D eigenvalue weighted by atomic mass is 19.1. The SMILES string of the molecule is O/C=C/Cc1ccc(-c2ncccn2)cc1F. The summed E-state index contributed by atoms with van der Waals surface area (Å²) in [5.74, 6) is 0.170. The highest BCUT2D eigenvalue weighted by Crippen LogP contribution is 2.18. The Morgan fingerprint density at radius 1 is 1.24 bits per heavy atom. The third-order valence-corrected chi connectivity index (χ3v) is 2.32. The van der Waals surface area contributed by atoms with Crippen molar-refractivity contribution in [3.8, 4) is 11.4 Å². The fourth-order valence-electron chi connectivity index (χ4n) is 1.48. The highest BCUT2D eigenvalue weighted by molar-refractivity contribution is 5.55. The maximum absolute atomic E-state index is 13.7. The molecular formula is C13H11FN2O. The number of aliphatic hydroxyl groups excluding tert-OH is 1. The van der Waals surface area contributed by atoms with Gasteiger partial charge in [0.2, 0.25) is 0 Å². The van der Waals surface area contributed by atoms with Gasteiger partial charge in [-0.05, 0) is 30.2 Å². The molecule has 1 heterocycles. The van der Waals surface area contributed by atoms with Gasteiger partial charge >= 0.3 is 0 Å². The second kappa shape index (κ2) is 5.21. The van der Waals surface area contributed by atoms with Gasteiger partial charge in [-0.2, -0.15) is 0 Å². The number of halogens is 1. The van der Waals surface area contributed by atoms with Crippen molar-refractivity contribution in [1.29, 1.82) is 0 Å². The van der Waals surface area contributed by atoms with Gasteiger partial charge in [0.25, 0.3) is 0 Å². The standard InChI is InChI=1S/C13H11FN2O/c14-12-9-11(13-15-6-2-7-16-13)5-4-10(12)3-1-8-17/h1-2,4-9,17H,3H2/b8-1+. The molecule has 0 aliphatic carbocycles. The van der Waals surface area contributed by atoms with Crippen molar-refractivity contribution in [1.82, 2.24) is 9.97 Å². The Bertz CT molecular complexity index is 526. The quantitative estimate of drug-likeness (QED) is 0.824. The first-order valence-electron chi connectivity index (χ1n) is 5.16. The lowest BCUT2D eigenvalue weighted by Crippen LogP contribution is -1.92. The number of benzene rings is 1. The molecule has 0 saturated heterocycles. The first-order valence-corrected chi connectivity index (χ1v) is 5.16. The van der Waals surface area contributed by atoms with Gasteiger partial charge in [0.05, 0.1) is 6.26 Å². The number of rotatable bonds is 3. The van der Waals surface area contributed by atoms with Crippen LogP contribution in [0.4, 0.5) is 4.39 Å². The van der Waals surface area contributed by atoms with Gasteiger partial charge in [-0.1, -0.05) is 12.1 Å². The van der Waals surface area contributed by atoms with Crippen molar-refractivity contribution in [2.45, 2.75) is 6.42 Å². The van der Waals surface area contributed by atoms with E-state index in [-0.39, 0.29) is 5.82 Å². The maximum Gasteiger partial charge on any atom is 0.159 e. The molecule has 1 N–H and O–H groups in total. The number of allylic oxidation sites excluding steroid dienone is 1. The summed E-state index contributed by atoms with van der Waals surface area (Å²) in [6.45, 7) is 0. The van der Waals surface area contributed by atoms with E-state index in [2.05, 4.69) is 9.97 Å². The number of nitrogens with zero attached hydrogens (tertiary/aromatic N) is 2. The van der Waals surface area contributed by atoms with E-state index in [0.717, 1.165) is 6.26 Å². The van der Waals surface area contributed by atoms with Crippen LogP contribution >= 0.6 is 0 Å². The zero-order chi connectivity index (χ0) is 12.1. The number of aromatic nitrogens is 2. The summed E-state index contributed by atoms with van der Waals surface area (Å²) in [6, 6.07) is 6.54. The second-order valence-electron chi connectivity index (χ2n) is 3.47. The Morgan fingerprint density at radius 2 is 2.00 bits per heavy atom. The molecule has 1 aromatic heterocycles. The van der Waals surface area contributed by atoms with Gasteiger partial charge in [0.15, 0.2) is 5.82 Å². The van der Waals surface area contributed by atoms with Crippen LogP contribution in [0.1, 0.15) is 5.56 Å². The van der Waals surface area contributed by atoms with Crippen molar-refractivity contribution in [2.75, 3.05) is 0 Å². The number of hydrogen-bond acceptors (Lipinski definition) is 3. The molecule has 0 atom stereocenters. The van der Waals surface area contributed by atoms with Crippen LogP contribution < -0.4 is 0 Å². The lowest BCUT2D eigenvalue weighted by molar-refractivity contribution is 0.471. The van der Waals surface area contributed by atoms with Crippen LogP contribution in [-0.4, -0.2) is 15.1 Å². The smallest absolute Gasteiger partial charge is 0.159 e. The average molecular weight is 230 g/mol.